The lowest BCUT2D eigenvalue weighted by molar-refractivity contribution is -0.144. The van der Waals surface area contributed by atoms with E-state index < -0.39 is 46.6 Å². The van der Waals surface area contributed by atoms with E-state index in [4.69, 9.17) is 10.5 Å². The number of aliphatic hydroxyl groups is 1. The zero-order valence-electron chi connectivity index (χ0n) is 18.1. The first-order valence-corrected chi connectivity index (χ1v) is 10.4. The van der Waals surface area contributed by atoms with Crippen molar-refractivity contribution in [3.63, 3.8) is 0 Å². The smallest absolute Gasteiger partial charge is 0.379 e. The Bertz CT molecular complexity index is 983. The van der Waals surface area contributed by atoms with Crippen LogP contribution in [0.25, 0.3) is 0 Å². The second-order valence-corrected chi connectivity index (χ2v) is 8.49. The van der Waals surface area contributed by atoms with E-state index in [1.54, 1.807) is 30.3 Å². The molecule has 1 amide bonds. The first kappa shape index (κ1) is 26.0. The fraction of sp³-hybridized carbons (Fsp3) is 0.435. The normalized spacial score (nSPS) is 24.6. The fourth-order valence-corrected chi connectivity index (χ4v) is 3.91. The van der Waals surface area contributed by atoms with Gasteiger partial charge >= 0.3 is 12.4 Å². The first-order chi connectivity index (χ1) is 15.7. The molecule has 3 rings (SSSR count). The SMILES string of the molecule is CC(OC[C@@]1(c2ccccc2)CCC(O)(C(N)=O)CN1)c1cc(C(F)(F)F)cc(C(F)(F)F)c1. The predicted molar refractivity (Wildman–Crippen MR) is 110 cm³/mol. The molecule has 0 aromatic heterocycles. The zero-order chi connectivity index (χ0) is 25.4. The maximum Gasteiger partial charge on any atom is 0.416 e. The molecule has 1 aliphatic rings. The average molecular weight is 490 g/mol. The van der Waals surface area contributed by atoms with E-state index in [9.17, 15) is 36.2 Å². The summed E-state index contributed by atoms with van der Waals surface area (Å²) in [7, 11) is 0. The number of carbonyl (C=O) groups is 1. The number of nitrogens with two attached hydrogens (primary N) is 1. The number of nitrogens with one attached hydrogen (secondary N) is 1. The molecule has 2 unspecified atom stereocenters. The number of benzene rings is 2. The van der Waals surface area contributed by atoms with Crippen LogP contribution in [-0.4, -0.2) is 29.8 Å². The molecule has 0 saturated carbocycles. The van der Waals surface area contributed by atoms with Gasteiger partial charge in [-0.05, 0) is 49.1 Å². The molecule has 2 aromatic rings. The van der Waals surface area contributed by atoms with Gasteiger partial charge in [-0.2, -0.15) is 26.3 Å². The van der Waals surface area contributed by atoms with Crippen LogP contribution in [0.3, 0.4) is 0 Å². The second kappa shape index (κ2) is 9.20. The van der Waals surface area contributed by atoms with Crippen molar-refractivity contribution in [3.05, 3.63) is 70.8 Å². The van der Waals surface area contributed by atoms with Gasteiger partial charge in [-0.1, -0.05) is 30.3 Å². The molecule has 1 saturated heterocycles. The summed E-state index contributed by atoms with van der Waals surface area (Å²) >= 11 is 0. The fourth-order valence-electron chi connectivity index (χ4n) is 3.91. The van der Waals surface area contributed by atoms with Gasteiger partial charge in [0.2, 0.25) is 0 Å². The maximum absolute atomic E-state index is 13.2. The number of hydrogen-bond acceptors (Lipinski definition) is 4. The van der Waals surface area contributed by atoms with Gasteiger partial charge in [-0.15, -0.1) is 0 Å². The summed E-state index contributed by atoms with van der Waals surface area (Å²) < 4.78 is 85.1. The Labute approximate surface area is 191 Å². The minimum atomic E-state index is -4.97. The van der Waals surface area contributed by atoms with Crippen LogP contribution in [0, 0.1) is 0 Å². The number of alkyl halides is 6. The Morgan fingerprint density at radius 3 is 2.06 bits per heavy atom. The lowest BCUT2D eigenvalue weighted by atomic mass is 9.77. The third kappa shape index (κ3) is 5.53. The largest absolute Gasteiger partial charge is 0.416 e. The molecule has 1 aliphatic heterocycles. The number of halogens is 6. The molecule has 1 fully saturated rings. The van der Waals surface area contributed by atoms with Gasteiger partial charge in [0.25, 0.3) is 5.91 Å². The van der Waals surface area contributed by atoms with Gasteiger partial charge in [0.1, 0.15) is 0 Å². The van der Waals surface area contributed by atoms with E-state index >= 15 is 0 Å². The number of piperidine rings is 1. The minimum Gasteiger partial charge on any atom is -0.379 e. The standard InChI is InChI=1S/C23H24F6N2O3/c1-14(15-9-17(22(24,25)26)11-18(10-15)23(27,28)29)34-13-20(16-5-3-2-4-6-16)7-8-21(33,12-31-20)19(30)32/h2-6,9-11,14,31,33H,7-8,12-13H2,1H3,(H2,30,32)/t14?,20-,21?/m1/s1. The summed E-state index contributed by atoms with van der Waals surface area (Å²) in [5.74, 6) is -0.903. The number of amides is 1. The lowest BCUT2D eigenvalue weighted by Crippen LogP contribution is -2.62. The molecule has 4 N–H and O–H groups in total. The van der Waals surface area contributed by atoms with Gasteiger partial charge in [0.05, 0.1) is 29.4 Å². The molecule has 11 heteroatoms. The van der Waals surface area contributed by atoms with E-state index in [1.807, 2.05) is 0 Å². The second-order valence-electron chi connectivity index (χ2n) is 8.49. The van der Waals surface area contributed by atoms with Crippen molar-refractivity contribution < 1.29 is 41.0 Å². The minimum absolute atomic E-state index is 0.0102. The molecular weight excluding hydrogens is 466 g/mol. The summed E-state index contributed by atoms with van der Waals surface area (Å²) in [6, 6.07) is 10.1. The molecular formula is C23H24F6N2O3. The molecule has 0 spiro atoms. The molecule has 0 bridgehead atoms. The van der Waals surface area contributed by atoms with Crippen LogP contribution in [0.1, 0.15) is 48.1 Å². The number of carbonyl (C=O) groups excluding carboxylic acids is 1. The highest BCUT2D eigenvalue weighted by Gasteiger charge is 2.46. The lowest BCUT2D eigenvalue weighted by Gasteiger charge is -2.44. The Morgan fingerprint density at radius 2 is 1.62 bits per heavy atom. The van der Waals surface area contributed by atoms with Gasteiger partial charge < -0.3 is 20.9 Å². The van der Waals surface area contributed by atoms with Crippen LogP contribution >= 0.6 is 0 Å². The molecule has 0 aliphatic carbocycles. The Morgan fingerprint density at radius 1 is 1.06 bits per heavy atom. The molecule has 0 radical (unpaired) electrons. The van der Waals surface area contributed by atoms with Crippen LogP contribution in [0.15, 0.2) is 48.5 Å². The Hall–Kier alpha value is -2.63. The quantitative estimate of drug-likeness (QED) is 0.528. The zero-order valence-corrected chi connectivity index (χ0v) is 18.1. The van der Waals surface area contributed by atoms with Crippen molar-refractivity contribution >= 4 is 5.91 Å². The predicted octanol–water partition coefficient (Wildman–Crippen LogP) is 4.30. The molecule has 3 atom stereocenters. The summed E-state index contributed by atoms with van der Waals surface area (Å²) in [6.45, 7) is 1.01. The summed E-state index contributed by atoms with van der Waals surface area (Å²) in [5.41, 5.74) is 0.131. The Kier molecular flexibility index (Phi) is 7.03. The van der Waals surface area contributed by atoms with Crippen molar-refractivity contribution in [2.45, 2.75) is 49.4 Å². The topological polar surface area (TPSA) is 84.6 Å². The van der Waals surface area contributed by atoms with Crippen LogP contribution in [0.2, 0.25) is 0 Å². The van der Waals surface area contributed by atoms with Crippen molar-refractivity contribution in [1.29, 1.82) is 0 Å². The van der Waals surface area contributed by atoms with E-state index in [1.165, 1.54) is 6.92 Å². The number of β-amino-alcohol motifs (C(OH)–C–C–N with tert-alkyl or cyclic N) is 1. The van der Waals surface area contributed by atoms with Crippen LogP contribution in [0.4, 0.5) is 26.3 Å². The van der Waals surface area contributed by atoms with Crippen molar-refractivity contribution in [1.82, 2.24) is 5.32 Å². The molecule has 186 valence electrons. The molecule has 1 heterocycles. The Balaban J connectivity index is 1.89. The highest BCUT2D eigenvalue weighted by molar-refractivity contribution is 5.83. The van der Waals surface area contributed by atoms with E-state index in [-0.39, 0.29) is 37.6 Å². The van der Waals surface area contributed by atoms with Gasteiger partial charge in [-0.3, -0.25) is 4.79 Å². The average Bonchev–Trinajstić information content (AvgIpc) is 2.78. The van der Waals surface area contributed by atoms with E-state index in [0.29, 0.717) is 17.7 Å². The van der Waals surface area contributed by atoms with E-state index in [2.05, 4.69) is 5.32 Å². The maximum atomic E-state index is 13.2. The number of hydrogen-bond donors (Lipinski definition) is 3. The van der Waals surface area contributed by atoms with Crippen molar-refractivity contribution in [3.8, 4) is 0 Å². The summed E-state index contributed by atoms with van der Waals surface area (Å²) in [5, 5.41) is 13.5. The van der Waals surface area contributed by atoms with Crippen LogP contribution < -0.4 is 11.1 Å². The van der Waals surface area contributed by atoms with Crippen LogP contribution in [-0.2, 0) is 27.4 Å². The van der Waals surface area contributed by atoms with Crippen molar-refractivity contribution in [2.75, 3.05) is 13.2 Å². The third-order valence-corrected chi connectivity index (χ3v) is 6.13. The monoisotopic (exact) mass is 490 g/mol. The third-order valence-electron chi connectivity index (χ3n) is 6.13. The highest BCUT2D eigenvalue weighted by atomic mass is 19.4. The molecule has 2 aromatic carbocycles. The number of rotatable bonds is 6. The van der Waals surface area contributed by atoms with E-state index in [0.717, 1.165) is 0 Å². The van der Waals surface area contributed by atoms with Gasteiger partial charge in [0.15, 0.2) is 5.60 Å². The molecule has 5 nitrogen and oxygen atoms in total. The number of ether oxygens (including phenoxy) is 1. The highest BCUT2D eigenvalue weighted by Crippen LogP contribution is 2.39. The van der Waals surface area contributed by atoms with Crippen LogP contribution in [0.5, 0.6) is 0 Å². The van der Waals surface area contributed by atoms with Crippen molar-refractivity contribution in [2.24, 2.45) is 5.73 Å². The summed E-state index contributed by atoms with van der Waals surface area (Å²) in [4.78, 5) is 11.6. The number of primary amides is 1. The van der Waals surface area contributed by atoms with Gasteiger partial charge in [0, 0.05) is 6.54 Å². The van der Waals surface area contributed by atoms with Gasteiger partial charge in [-0.25, -0.2) is 0 Å². The summed E-state index contributed by atoms with van der Waals surface area (Å²) in [6.07, 6.45) is -10.9. The first-order valence-electron chi connectivity index (χ1n) is 10.4. The molecule has 34 heavy (non-hydrogen) atoms.